The summed E-state index contributed by atoms with van der Waals surface area (Å²) in [5, 5.41) is 21.2. The topological polar surface area (TPSA) is 98.4 Å². The van der Waals surface area contributed by atoms with Crippen molar-refractivity contribution in [1.82, 2.24) is 0 Å². The van der Waals surface area contributed by atoms with E-state index in [1.165, 1.54) is 24.3 Å². The van der Waals surface area contributed by atoms with Crippen molar-refractivity contribution in [2.45, 2.75) is 4.90 Å². The van der Waals surface area contributed by atoms with Crippen LogP contribution in [0.3, 0.4) is 0 Å². The quantitative estimate of drug-likeness (QED) is 0.418. The lowest BCUT2D eigenvalue weighted by Crippen LogP contribution is -1.98. The van der Waals surface area contributed by atoms with Crippen molar-refractivity contribution in [3.05, 3.63) is 96.6 Å². The summed E-state index contributed by atoms with van der Waals surface area (Å²) < 4.78 is 32.1. The molecular weight excluding hydrogens is 410 g/mol. The molecule has 0 saturated carbocycles. The van der Waals surface area contributed by atoms with E-state index in [0.29, 0.717) is 27.8 Å². The second-order valence-electron chi connectivity index (χ2n) is 6.91. The van der Waals surface area contributed by atoms with E-state index >= 15 is 0 Å². The van der Waals surface area contributed by atoms with Gasteiger partial charge < -0.3 is 5.11 Å². The number of phenols is 1. The Morgan fingerprint density at radius 2 is 1.23 bits per heavy atom. The number of benzene rings is 4. The Bertz CT molecular complexity index is 1390. The highest BCUT2D eigenvalue weighted by atomic mass is 32.2. The molecule has 152 valence electrons. The lowest BCUT2D eigenvalue weighted by Gasteiger charge is -2.17. The largest absolute Gasteiger partial charge is 0.507 e. The SMILES string of the molecule is N#Cc1c(-c2ccc(S(=O)(=O)O)cc2)cc(-c2ccccc2)c(O)c1-c1ccccc1. The molecule has 5 nitrogen and oxygen atoms in total. The summed E-state index contributed by atoms with van der Waals surface area (Å²) in [6, 6.07) is 28.0. The van der Waals surface area contributed by atoms with Gasteiger partial charge in [0.15, 0.2) is 0 Å². The van der Waals surface area contributed by atoms with Gasteiger partial charge in [-0.3, -0.25) is 4.55 Å². The molecule has 4 aromatic rings. The van der Waals surface area contributed by atoms with Gasteiger partial charge in [0, 0.05) is 16.7 Å². The minimum absolute atomic E-state index is 0.00717. The average Bonchev–Trinajstić information content (AvgIpc) is 2.79. The van der Waals surface area contributed by atoms with Crippen LogP contribution in [-0.4, -0.2) is 18.1 Å². The van der Waals surface area contributed by atoms with E-state index in [1.807, 2.05) is 60.7 Å². The molecule has 0 unspecified atom stereocenters. The highest BCUT2D eigenvalue weighted by Gasteiger charge is 2.21. The molecule has 0 atom stereocenters. The van der Waals surface area contributed by atoms with Gasteiger partial charge >= 0.3 is 0 Å². The van der Waals surface area contributed by atoms with Crippen LogP contribution in [0.15, 0.2) is 95.9 Å². The standard InChI is InChI=1S/C25H17NO4S/c26-16-23-21(18-11-13-20(14-12-18)31(28,29)30)15-22(17-7-3-1-4-8-17)25(27)24(23)19-9-5-2-6-10-19/h1-15,27H,(H,28,29,30). The van der Waals surface area contributed by atoms with E-state index in [9.17, 15) is 23.3 Å². The molecule has 0 heterocycles. The molecule has 0 aliphatic heterocycles. The highest BCUT2D eigenvalue weighted by molar-refractivity contribution is 7.85. The van der Waals surface area contributed by atoms with Gasteiger partial charge in [0.2, 0.25) is 0 Å². The molecule has 4 rings (SSSR count). The molecule has 0 amide bonds. The van der Waals surface area contributed by atoms with Crippen LogP contribution in [-0.2, 0) is 10.1 Å². The van der Waals surface area contributed by atoms with Crippen molar-refractivity contribution in [2.75, 3.05) is 0 Å². The van der Waals surface area contributed by atoms with Gasteiger partial charge in [-0.1, -0.05) is 72.8 Å². The number of nitriles is 1. The van der Waals surface area contributed by atoms with Crippen LogP contribution in [0, 0.1) is 11.3 Å². The number of nitrogens with zero attached hydrogens (tertiary/aromatic N) is 1. The third-order valence-electron chi connectivity index (χ3n) is 5.02. The Morgan fingerprint density at radius 1 is 0.710 bits per heavy atom. The summed E-state index contributed by atoms with van der Waals surface area (Å²) in [6.07, 6.45) is 0. The molecule has 2 N–H and O–H groups in total. The van der Waals surface area contributed by atoms with Crippen LogP contribution in [0.5, 0.6) is 5.75 Å². The summed E-state index contributed by atoms with van der Waals surface area (Å²) in [5.74, 6) is -0.00717. The van der Waals surface area contributed by atoms with E-state index in [0.717, 1.165) is 5.56 Å². The molecule has 0 aliphatic rings. The summed E-state index contributed by atoms with van der Waals surface area (Å²) in [5.41, 5.74) is 3.80. The molecule has 0 aromatic heterocycles. The maximum absolute atomic E-state index is 11.4. The molecule has 0 fully saturated rings. The van der Waals surface area contributed by atoms with Crippen LogP contribution < -0.4 is 0 Å². The first kappa shape index (κ1) is 20.4. The monoisotopic (exact) mass is 427 g/mol. The van der Waals surface area contributed by atoms with Crippen molar-refractivity contribution < 1.29 is 18.1 Å². The van der Waals surface area contributed by atoms with Gasteiger partial charge in [0.25, 0.3) is 10.1 Å². The Hall–Kier alpha value is -3.92. The smallest absolute Gasteiger partial charge is 0.294 e. The lowest BCUT2D eigenvalue weighted by atomic mass is 9.87. The van der Waals surface area contributed by atoms with Crippen molar-refractivity contribution in [2.24, 2.45) is 0 Å². The Balaban J connectivity index is 2.04. The first-order valence-corrected chi connectivity index (χ1v) is 10.8. The van der Waals surface area contributed by atoms with Crippen molar-refractivity contribution in [3.8, 4) is 45.2 Å². The van der Waals surface area contributed by atoms with Crippen molar-refractivity contribution >= 4 is 10.1 Å². The molecule has 0 radical (unpaired) electrons. The Morgan fingerprint density at radius 3 is 1.74 bits per heavy atom. The third kappa shape index (κ3) is 3.92. The van der Waals surface area contributed by atoms with Crippen molar-refractivity contribution in [1.29, 1.82) is 5.26 Å². The second-order valence-corrected chi connectivity index (χ2v) is 8.34. The molecule has 31 heavy (non-hydrogen) atoms. The first-order valence-electron chi connectivity index (χ1n) is 9.39. The number of rotatable bonds is 4. The van der Waals surface area contributed by atoms with Gasteiger partial charge in [-0.2, -0.15) is 13.7 Å². The van der Waals surface area contributed by atoms with Crippen LogP contribution >= 0.6 is 0 Å². The number of aromatic hydroxyl groups is 1. The number of phenolic OH excluding ortho intramolecular Hbond substituents is 1. The third-order valence-corrected chi connectivity index (χ3v) is 5.89. The highest BCUT2D eigenvalue weighted by Crippen LogP contribution is 2.45. The van der Waals surface area contributed by atoms with Crippen molar-refractivity contribution in [3.63, 3.8) is 0 Å². The zero-order chi connectivity index (χ0) is 22.0. The number of hydrogen-bond donors (Lipinski definition) is 2. The maximum Gasteiger partial charge on any atom is 0.294 e. The Kier molecular flexibility index (Phi) is 5.30. The zero-order valence-corrected chi connectivity index (χ0v) is 17.0. The molecule has 4 aromatic carbocycles. The molecule has 0 spiro atoms. The van der Waals surface area contributed by atoms with Crippen LogP contribution in [0.25, 0.3) is 33.4 Å². The second kappa shape index (κ2) is 8.07. The summed E-state index contributed by atoms with van der Waals surface area (Å²) in [4.78, 5) is -0.236. The van der Waals surface area contributed by atoms with E-state index in [-0.39, 0.29) is 16.2 Å². The van der Waals surface area contributed by atoms with Crippen LogP contribution in [0.4, 0.5) is 0 Å². The lowest BCUT2D eigenvalue weighted by molar-refractivity contribution is 0.479. The fraction of sp³-hybridized carbons (Fsp3) is 0. The minimum Gasteiger partial charge on any atom is -0.507 e. The predicted molar refractivity (Wildman–Crippen MR) is 119 cm³/mol. The Labute approximate surface area is 180 Å². The summed E-state index contributed by atoms with van der Waals surface area (Å²) >= 11 is 0. The predicted octanol–water partition coefficient (Wildman–Crippen LogP) is 5.51. The summed E-state index contributed by atoms with van der Waals surface area (Å²) in [6.45, 7) is 0. The van der Waals surface area contributed by atoms with Gasteiger partial charge in [-0.05, 0) is 34.9 Å². The number of hydrogen-bond acceptors (Lipinski definition) is 4. The normalized spacial score (nSPS) is 11.1. The van der Waals surface area contributed by atoms with Gasteiger partial charge in [-0.15, -0.1) is 0 Å². The minimum atomic E-state index is -4.33. The zero-order valence-electron chi connectivity index (χ0n) is 16.2. The molecular formula is C25H17NO4S. The van der Waals surface area contributed by atoms with Crippen LogP contribution in [0.1, 0.15) is 5.56 Å². The first-order chi connectivity index (χ1) is 14.9. The van der Waals surface area contributed by atoms with Crippen LogP contribution in [0.2, 0.25) is 0 Å². The summed E-state index contributed by atoms with van der Waals surface area (Å²) in [7, 11) is -4.33. The van der Waals surface area contributed by atoms with Gasteiger partial charge in [0.05, 0.1) is 10.5 Å². The van der Waals surface area contributed by atoms with E-state index in [4.69, 9.17) is 0 Å². The van der Waals surface area contributed by atoms with Gasteiger partial charge in [-0.25, -0.2) is 0 Å². The molecule has 6 heteroatoms. The molecule has 0 bridgehead atoms. The average molecular weight is 427 g/mol. The fourth-order valence-corrected chi connectivity index (χ4v) is 4.03. The maximum atomic E-state index is 11.4. The van der Waals surface area contributed by atoms with E-state index in [2.05, 4.69) is 6.07 Å². The molecule has 0 aliphatic carbocycles. The fourth-order valence-electron chi connectivity index (χ4n) is 3.55. The van der Waals surface area contributed by atoms with E-state index < -0.39 is 10.1 Å². The van der Waals surface area contributed by atoms with Gasteiger partial charge in [0.1, 0.15) is 11.8 Å². The van der Waals surface area contributed by atoms with E-state index in [1.54, 1.807) is 6.07 Å². The molecule has 0 saturated heterocycles.